The van der Waals surface area contributed by atoms with Crippen LogP contribution in [0.4, 0.5) is 0 Å². The number of carbonyl (C=O) groups excluding carboxylic acids is 5. The van der Waals surface area contributed by atoms with Crippen molar-refractivity contribution in [3.05, 3.63) is 0 Å². The molecule has 41 heavy (non-hydrogen) atoms. The highest BCUT2D eigenvalue weighted by molar-refractivity contribution is 5.94. The highest BCUT2D eigenvalue weighted by Gasteiger charge is 2.38. The van der Waals surface area contributed by atoms with Gasteiger partial charge in [0.1, 0.15) is 12.1 Å². The highest BCUT2D eigenvalue weighted by Crippen LogP contribution is 2.15. The summed E-state index contributed by atoms with van der Waals surface area (Å²) in [6.45, 7) is 3.24. The van der Waals surface area contributed by atoms with E-state index in [4.69, 9.17) is 17.2 Å². The van der Waals surface area contributed by atoms with Crippen molar-refractivity contribution in [1.82, 2.24) is 31.5 Å². The molecule has 2 aliphatic heterocycles. The number of nitrogens with two attached hydrogens (primary N) is 3. The van der Waals surface area contributed by atoms with Crippen molar-refractivity contribution in [2.24, 2.45) is 22.2 Å². The Labute approximate surface area is 241 Å². The van der Waals surface area contributed by atoms with Crippen molar-refractivity contribution >= 4 is 35.2 Å². The van der Waals surface area contributed by atoms with E-state index in [9.17, 15) is 24.0 Å². The van der Waals surface area contributed by atoms with E-state index in [2.05, 4.69) is 38.5 Å². The number of piperazine rings is 2. The van der Waals surface area contributed by atoms with Crippen LogP contribution < -0.4 is 43.8 Å². The Balaban J connectivity index is 2.04. The zero-order valence-corrected chi connectivity index (χ0v) is 24.2. The molecule has 0 spiro atoms. The normalized spacial score (nSPS) is 23.8. The molecule has 0 aliphatic carbocycles. The van der Waals surface area contributed by atoms with E-state index in [1.807, 2.05) is 7.05 Å². The Kier molecular flexibility index (Phi) is 14.6. The Morgan fingerprint density at radius 3 is 2.41 bits per heavy atom. The second-order valence-corrected chi connectivity index (χ2v) is 10.6. The van der Waals surface area contributed by atoms with E-state index in [0.717, 1.165) is 12.8 Å². The smallest absolute Gasteiger partial charge is 0.241 e. The highest BCUT2D eigenvalue weighted by atomic mass is 16.2. The number of nitrogens with zero attached hydrogens (tertiary/aromatic N) is 2. The lowest BCUT2D eigenvalue weighted by molar-refractivity contribution is -0.138. The molecule has 2 heterocycles. The molecule has 0 aromatic rings. The molecule has 0 radical (unpaired) electrons. The number of carbonyl (C=O) groups is 5. The number of hydrogen-bond acceptors (Lipinski definition) is 10. The molecule has 0 saturated carbocycles. The first-order valence-corrected chi connectivity index (χ1v) is 14.4. The largest absolute Gasteiger partial charge is 0.370 e. The topological polar surface area (TPSA) is 239 Å². The summed E-state index contributed by atoms with van der Waals surface area (Å²) in [6.07, 6.45) is 4.58. The van der Waals surface area contributed by atoms with Crippen LogP contribution in [0.3, 0.4) is 0 Å². The molecule has 15 nitrogen and oxygen atoms in total. The van der Waals surface area contributed by atoms with Crippen LogP contribution in [0, 0.1) is 0 Å². The third kappa shape index (κ3) is 11.3. The Hall–Kier alpha value is -3.14. The van der Waals surface area contributed by atoms with E-state index >= 15 is 0 Å². The number of amides is 3. The molecule has 0 aromatic carbocycles. The Morgan fingerprint density at radius 2 is 1.78 bits per heavy atom. The van der Waals surface area contributed by atoms with Gasteiger partial charge in [0.25, 0.3) is 0 Å². The molecule has 0 aromatic heterocycles. The minimum atomic E-state index is -0.926. The number of rotatable bonds is 19. The zero-order chi connectivity index (χ0) is 30.4. The van der Waals surface area contributed by atoms with E-state index in [1.165, 1.54) is 0 Å². The van der Waals surface area contributed by atoms with Gasteiger partial charge in [-0.15, -0.1) is 0 Å². The summed E-state index contributed by atoms with van der Waals surface area (Å²) in [5, 5.41) is 14.7. The first kappa shape index (κ1) is 34.1. The van der Waals surface area contributed by atoms with Crippen molar-refractivity contribution in [3.63, 3.8) is 0 Å². The van der Waals surface area contributed by atoms with Crippen molar-refractivity contribution in [2.45, 2.75) is 82.1 Å². The molecule has 232 valence electrons. The minimum Gasteiger partial charge on any atom is -0.370 e. The van der Waals surface area contributed by atoms with Gasteiger partial charge in [-0.1, -0.05) is 19.8 Å². The van der Waals surface area contributed by atoms with Gasteiger partial charge in [0.2, 0.25) is 17.7 Å². The number of primary amides is 1. The van der Waals surface area contributed by atoms with Gasteiger partial charge < -0.3 is 43.8 Å². The van der Waals surface area contributed by atoms with Gasteiger partial charge in [0, 0.05) is 19.6 Å². The van der Waals surface area contributed by atoms with Gasteiger partial charge >= 0.3 is 0 Å². The summed E-state index contributed by atoms with van der Waals surface area (Å²) in [6, 6.07) is -3.26. The van der Waals surface area contributed by atoms with Crippen LogP contribution in [0.2, 0.25) is 0 Å². The fourth-order valence-electron chi connectivity index (χ4n) is 5.01. The van der Waals surface area contributed by atoms with Crippen molar-refractivity contribution in [3.8, 4) is 0 Å². The third-order valence-corrected chi connectivity index (χ3v) is 7.38. The number of Topliss-reactive ketones (excluding diaryl/α,β-unsaturated/α-hetero) is 2. The molecule has 5 atom stereocenters. The molecule has 0 bridgehead atoms. The zero-order valence-electron chi connectivity index (χ0n) is 24.2. The van der Waals surface area contributed by atoms with Crippen LogP contribution >= 0.6 is 0 Å². The first-order valence-electron chi connectivity index (χ1n) is 14.4. The monoisotopic (exact) mass is 580 g/mol. The van der Waals surface area contributed by atoms with Gasteiger partial charge in [0.05, 0.1) is 31.2 Å². The van der Waals surface area contributed by atoms with Crippen molar-refractivity contribution < 1.29 is 24.0 Å². The average Bonchev–Trinajstić information content (AvgIpc) is 2.92. The molecule has 3 amide bonds. The van der Waals surface area contributed by atoms with Gasteiger partial charge in [0.15, 0.2) is 17.5 Å². The van der Waals surface area contributed by atoms with Crippen LogP contribution in [0.5, 0.6) is 0 Å². The van der Waals surface area contributed by atoms with Crippen LogP contribution in [0.25, 0.3) is 0 Å². The summed E-state index contributed by atoms with van der Waals surface area (Å²) in [5.41, 5.74) is 16.2. The number of guanidine groups is 1. The number of nitrogens with one attached hydrogen (secondary N) is 5. The second kappa shape index (κ2) is 17.6. The molecular weight excluding hydrogens is 532 g/mol. The third-order valence-electron chi connectivity index (χ3n) is 7.38. The molecule has 2 aliphatic rings. The quantitative estimate of drug-likeness (QED) is 0.0422. The fraction of sp³-hybridized carbons (Fsp3) is 0.769. The number of unbranched alkanes of at least 4 members (excludes halogenated alkanes) is 1. The average molecular weight is 581 g/mol. The lowest BCUT2D eigenvalue weighted by Gasteiger charge is -2.38. The van der Waals surface area contributed by atoms with Crippen LogP contribution in [0.1, 0.15) is 51.9 Å². The maximum atomic E-state index is 13.5. The van der Waals surface area contributed by atoms with Crippen molar-refractivity contribution in [1.29, 1.82) is 0 Å². The lowest BCUT2D eigenvalue weighted by Crippen LogP contribution is -2.65. The second-order valence-electron chi connectivity index (χ2n) is 10.6. The molecule has 11 N–H and O–H groups in total. The summed E-state index contributed by atoms with van der Waals surface area (Å²) in [4.78, 5) is 69.2. The van der Waals surface area contributed by atoms with Crippen molar-refractivity contribution in [2.75, 3.05) is 46.3 Å². The SMILES string of the molecule is CCCC[C@@H]1NC[C@H](C(=O)CN[C@@H](CCCNC)C(=O)CN2C[C@H](C(N)=O)NC(=O)[C@@H]2CCCN=C(N)N)NC1=O. The maximum absolute atomic E-state index is 13.5. The Bertz CT molecular complexity index is 942. The summed E-state index contributed by atoms with van der Waals surface area (Å²) >= 11 is 0. The van der Waals surface area contributed by atoms with E-state index in [1.54, 1.807) is 4.90 Å². The molecule has 2 fully saturated rings. The fourth-order valence-corrected chi connectivity index (χ4v) is 5.01. The van der Waals surface area contributed by atoms with Crippen LogP contribution in [-0.2, 0) is 24.0 Å². The lowest BCUT2D eigenvalue weighted by atomic mass is 9.99. The van der Waals surface area contributed by atoms with E-state index < -0.39 is 36.0 Å². The summed E-state index contributed by atoms with van der Waals surface area (Å²) in [7, 11) is 1.81. The molecular formula is C26H48N10O5. The standard InChI is InChI=1S/C26H48N10O5/c1-3-4-7-17-24(40)34-18(12-32-17)21(37)13-33-16(8-5-10-30-2)22(38)15-36-14-19(23(27)39)35-25(41)20(36)9-6-11-31-26(28)29/h16-20,30,32-33H,3-15H2,1-2H3,(H2,27,39)(H,34,40)(H,35,41)(H4,28,29,31)/t16-,17-,18+,19+,20-/m0/s1. The number of hydrogen-bond donors (Lipinski definition) is 8. The van der Waals surface area contributed by atoms with Crippen LogP contribution in [0.15, 0.2) is 4.99 Å². The molecule has 2 saturated heterocycles. The number of ketones is 2. The van der Waals surface area contributed by atoms with Crippen LogP contribution in [-0.4, -0.2) is 117 Å². The molecule has 0 unspecified atom stereocenters. The van der Waals surface area contributed by atoms with Gasteiger partial charge in [-0.2, -0.15) is 0 Å². The predicted molar refractivity (Wildman–Crippen MR) is 155 cm³/mol. The van der Waals surface area contributed by atoms with E-state index in [-0.39, 0.29) is 49.1 Å². The summed E-state index contributed by atoms with van der Waals surface area (Å²) < 4.78 is 0. The van der Waals surface area contributed by atoms with Gasteiger partial charge in [-0.05, 0) is 45.7 Å². The summed E-state index contributed by atoms with van der Waals surface area (Å²) in [5.74, 6) is -1.78. The Morgan fingerprint density at radius 1 is 1.05 bits per heavy atom. The van der Waals surface area contributed by atoms with E-state index in [0.29, 0.717) is 51.7 Å². The molecule has 15 heteroatoms. The van der Waals surface area contributed by atoms with Gasteiger partial charge in [-0.3, -0.25) is 33.9 Å². The number of aliphatic imine (C=N–C) groups is 1. The minimum absolute atomic E-state index is 0.0520. The first-order chi connectivity index (χ1) is 19.6. The molecule has 2 rings (SSSR count). The van der Waals surface area contributed by atoms with Gasteiger partial charge in [-0.25, -0.2) is 0 Å². The predicted octanol–water partition coefficient (Wildman–Crippen LogP) is -3.56. The maximum Gasteiger partial charge on any atom is 0.241 e.